The van der Waals surface area contributed by atoms with Crippen molar-refractivity contribution in [3.05, 3.63) is 0 Å². The van der Waals surface area contributed by atoms with Crippen LogP contribution in [0.4, 0.5) is 17.8 Å². The predicted octanol–water partition coefficient (Wildman–Crippen LogP) is -0.779. The Kier molecular flexibility index (Phi) is 4.20. The molecule has 1 aliphatic rings. The van der Waals surface area contributed by atoms with Gasteiger partial charge in [0.2, 0.25) is 29.7 Å². The number of nitrogens with one attached hydrogen (secondary N) is 2. The maximum Gasteiger partial charge on any atom is 0.249 e. The minimum absolute atomic E-state index is 0.0371. The van der Waals surface area contributed by atoms with Gasteiger partial charge in [0.25, 0.3) is 0 Å². The molecule has 0 radical (unpaired) electrons. The Bertz CT molecular complexity index is 561. The highest BCUT2D eigenvalue weighted by Crippen LogP contribution is 2.18. The van der Waals surface area contributed by atoms with Crippen molar-refractivity contribution in [2.24, 2.45) is 0 Å². The van der Waals surface area contributed by atoms with Gasteiger partial charge < -0.3 is 15.1 Å². The lowest BCUT2D eigenvalue weighted by molar-refractivity contribution is -0.132. The summed E-state index contributed by atoms with van der Waals surface area (Å²) in [6.45, 7) is 4.33. The number of carbonyl (C=O) groups is 2. The standard InChI is InChI=1S/C12H19N7O2/c1-5-13-10-15-11(18(3)4)17-12(16-10)19-6-8(20)14-9(21)7(19)2/h7H,5-6H2,1-4H3,(H,14,20,21)(H,13,15,16,17). The summed E-state index contributed by atoms with van der Waals surface area (Å²) in [4.78, 5) is 39.5. The van der Waals surface area contributed by atoms with Gasteiger partial charge in [-0.25, -0.2) is 0 Å². The van der Waals surface area contributed by atoms with Crippen LogP contribution >= 0.6 is 0 Å². The van der Waals surface area contributed by atoms with Crippen LogP contribution in [0, 0.1) is 0 Å². The molecule has 1 aromatic rings. The van der Waals surface area contributed by atoms with E-state index in [2.05, 4.69) is 25.6 Å². The number of aromatic nitrogens is 3. The number of hydrogen-bond donors (Lipinski definition) is 2. The van der Waals surface area contributed by atoms with E-state index in [1.165, 1.54) is 0 Å². The summed E-state index contributed by atoms with van der Waals surface area (Å²) < 4.78 is 0. The zero-order valence-corrected chi connectivity index (χ0v) is 12.5. The van der Waals surface area contributed by atoms with Crippen molar-refractivity contribution in [1.29, 1.82) is 0 Å². The number of nitrogens with zero attached hydrogens (tertiary/aromatic N) is 5. The first-order valence-corrected chi connectivity index (χ1v) is 6.70. The molecule has 1 saturated heterocycles. The highest BCUT2D eigenvalue weighted by molar-refractivity contribution is 6.04. The molecular formula is C12H19N7O2. The summed E-state index contributed by atoms with van der Waals surface area (Å²) >= 11 is 0. The second-order valence-electron chi connectivity index (χ2n) is 4.90. The van der Waals surface area contributed by atoms with Gasteiger partial charge in [0.1, 0.15) is 12.6 Å². The molecular weight excluding hydrogens is 274 g/mol. The number of rotatable bonds is 4. The molecule has 1 atom stereocenters. The maximum absolute atomic E-state index is 11.7. The molecule has 0 saturated carbocycles. The van der Waals surface area contributed by atoms with E-state index in [-0.39, 0.29) is 18.4 Å². The summed E-state index contributed by atoms with van der Waals surface area (Å²) in [6, 6.07) is -0.519. The van der Waals surface area contributed by atoms with Crippen molar-refractivity contribution < 1.29 is 9.59 Å². The van der Waals surface area contributed by atoms with Gasteiger partial charge in [-0.15, -0.1) is 0 Å². The summed E-state index contributed by atoms with van der Waals surface area (Å²) in [5.74, 6) is 0.455. The van der Waals surface area contributed by atoms with Gasteiger partial charge in [-0.05, 0) is 13.8 Å². The number of anilines is 3. The van der Waals surface area contributed by atoms with Gasteiger partial charge in [-0.1, -0.05) is 0 Å². The Morgan fingerprint density at radius 1 is 1.33 bits per heavy atom. The van der Waals surface area contributed by atoms with Gasteiger partial charge in [0.15, 0.2) is 0 Å². The monoisotopic (exact) mass is 293 g/mol. The second kappa shape index (κ2) is 5.90. The Balaban J connectivity index is 2.41. The number of hydrogen-bond acceptors (Lipinski definition) is 8. The van der Waals surface area contributed by atoms with E-state index in [0.717, 1.165) is 0 Å². The molecule has 1 aromatic heterocycles. The van der Waals surface area contributed by atoms with Crippen molar-refractivity contribution in [1.82, 2.24) is 20.3 Å². The fraction of sp³-hybridized carbons (Fsp3) is 0.583. The minimum atomic E-state index is -0.519. The smallest absolute Gasteiger partial charge is 0.249 e. The van der Waals surface area contributed by atoms with Crippen LogP contribution in [-0.4, -0.2) is 60.0 Å². The first-order valence-electron chi connectivity index (χ1n) is 6.70. The van der Waals surface area contributed by atoms with Crippen LogP contribution in [0.5, 0.6) is 0 Å². The van der Waals surface area contributed by atoms with Gasteiger partial charge in [0.05, 0.1) is 0 Å². The summed E-state index contributed by atoms with van der Waals surface area (Å²) in [6.07, 6.45) is 0. The van der Waals surface area contributed by atoms with Gasteiger partial charge in [-0.2, -0.15) is 15.0 Å². The number of imide groups is 1. The number of piperazine rings is 1. The lowest BCUT2D eigenvalue weighted by atomic mass is 10.2. The van der Waals surface area contributed by atoms with E-state index >= 15 is 0 Å². The average Bonchev–Trinajstić information content (AvgIpc) is 2.42. The molecule has 0 aromatic carbocycles. The third kappa shape index (κ3) is 3.18. The van der Waals surface area contributed by atoms with Gasteiger partial charge >= 0.3 is 0 Å². The van der Waals surface area contributed by atoms with Crippen molar-refractivity contribution in [2.75, 3.05) is 42.3 Å². The van der Waals surface area contributed by atoms with E-state index in [9.17, 15) is 9.59 Å². The van der Waals surface area contributed by atoms with E-state index in [0.29, 0.717) is 24.4 Å². The van der Waals surface area contributed by atoms with Gasteiger partial charge in [0, 0.05) is 20.6 Å². The lowest BCUT2D eigenvalue weighted by Crippen LogP contribution is -2.57. The molecule has 1 unspecified atom stereocenters. The summed E-state index contributed by atoms with van der Waals surface area (Å²) in [5.41, 5.74) is 0. The Morgan fingerprint density at radius 2 is 2.05 bits per heavy atom. The highest BCUT2D eigenvalue weighted by atomic mass is 16.2. The highest BCUT2D eigenvalue weighted by Gasteiger charge is 2.32. The normalized spacial score (nSPS) is 18.5. The topological polar surface area (TPSA) is 103 Å². The molecule has 1 fully saturated rings. The summed E-state index contributed by atoms with van der Waals surface area (Å²) in [7, 11) is 3.62. The Hall–Kier alpha value is -2.45. The first kappa shape index (κ1) is 14.9. The van der Waals surface area contributed by atoms with Crippen LogP contribution in [0.15, 0.2) is 0 Å². The molecule has 9 heteroatoms. The van der Waals surface area contributed by atoms with E-state index in [1.54, 1.807) is 16.7 Å². The van der Waals surface area contributed by atoms with E-state index < -0.39 is 6.04 Å². The molecule has 2 heterocycles. The minimum Gasteiger partial charge on any atom is -0.354 e. The molecule has 0 spiro atoms. The number of amides is 2. The molecule has 0 aliphatic carbocycles. The molecule has 0 bridgehead atoms. The van der Waals surface area contributed by atoms with Gasteiger partial charge in [-0.3, -0.25) is 14.9 Å². The van der Waals surface area contributed by atoms with Crippen molar-refractivity contribution >= 4 is 29.7 Å². The lowest BCUT2D eigenvalue weighted by Gasteiger charge is -2.32. The molecule has 9 nitrogen and oxygen atoms in total. The molecule has 114 valence electrons. The van der Waals surface area contributed by atoms with Crippen molar-refractivity contribution in [3.63, 3.8) is 0 Å². The van der Waals surface area contributed by atoms with E-state index in [4.69, 9.17) is 0 Å². The Morgan fingerprint density at radius 3 is 2.67 bits per heavy atom. The first-order chi connectivity index (χ1) is 9.92. The molecule has 2 rings (SSSR count). The van der Waals surface area contributed by atoms with Crippen molar-refractivity contribution in [2.45, 2.75) is 19.9 Å². The molecule has 2 amide bonds. The third-order valence-corrected chi connectivity index (χ3v) is 3.03. The third-order valence-electron chi connectivity index (χ3n) is 3.03. The molecule has 2 N–H and O–H groups in total. The van der Waals surface area contributed by atoms with Crippen LogP contribution in [0.1, 0.15) is 13.8 Å². The van der Waals surface area contributed by atoms with Crippen molar-refractivity contribution in [3.8, 4) is 0 Å². The van der Waals surface area contributed by atoms with Crippen LogP contribution in [0.25, 0.3) is 0 Å². The quantitative estimate of drug-likeness (QED) is 0.697. The summed E-state index contributed by atoms with van der Waals surface area (Å²) in [5, 5.41) is 5.31. The van der Waals surface area contributed by atoms with E-state index in [1.807, 2.05) is 21.0 Å². The largest absolute Gasteiger partial charge is 0.354 e. The predicted molar refractivity (Wildman–Crippen MR) is 78.3 cm³/mol. The molecule has 21 heavy (non-hydrogen) atoms. The van der Waals surface area contributed by atoms with Crippen LogP contribution in [0.2, 0.25) is 0 Å². The van der Waals surface area contributed by atoms with Crippen LogP contribution in [-0.2, 0) is 9.59 Å². The molecule has 1 aliphatic heterocycles. The zero-order valence-electron chi connectivity index (χ0n) is 12.5. The fourth-order valence-corrected chi connectivity index (χ4v) is 1.88. The number of carbonyl (C=O) groups excluding carboxylic acids is 2. The SMILES string of the molecule is CCNc1nc(N(C)C)nc(N2CC(=O)NC(=O)C2C)n1. The Labute approximate surface area is 122 Å². The second-order valence-corrected chi connectivity index (χ2v) is 4.90. The average molecular weight is 293 g/mol. The van der Waals surface area contributed by atoms with Crippen LogP contribution in [0.3, 0.4) is 0 Å². The fourth-order valence-electron chi connectivity index (χ4n) is 1.88. The zero-order chi connectivity index (χ0) is 15.6. The maximum atomic E-state index is 11.7. The van der Waals surface area contributed by atoms with Crippen LogP contribution < -0.4 is 20.4 Å².